The average Bonchev–Trinajstić information content (AvgIpc) is 3.47. The number of anilines is 2. The number of hydrogen-bond acceptors (Lipinski definition) is 5. The maximum atomic E-state index is 13.1. The summed E-state index contributed by atoms with van der Waals surface area (Å²) in [5, 5.41) is 5.57. The van der Waals surface area contributed by atoms with Gasteiger partial charge in [0, 0.05) is 11.9 Å². The number of fused-ring (bicyclic) bond motifs is 1. The van der Waals surface area contributed by atoms with Crippen LogP contribution < -0.4 is 10.2 Å². The first kappa shape index (κ1) is 19.6. The molecular formula is C23H18N4O2S2. The number of rotatable bonds is 5. The highest BCUT2D eigenvalue weighted by atomic mass is 32.2. The molecule has 4 aromatic rings. The minimum Gasteiger partial charge on any atom is -0.323 e. The smallest absolute Gasteiger partial charge is 0.244 e. The Labute approximate surface area is 187 Å². The third-order valence-corrected chi connectivity index (χ3v) is 6.71. The molecule has 31 heavy (non-hydrogen) atoms. The number of thiophene rings is 1. The predicted molar refractivity (Wildman–Crippen MR) is 125 cm³/mol. The van der Waals surface area contributed by atoms with E-state index in [1.165, 1.54) is 16.7 Å². The minimum atomic E-state index is -0.192. The molecule has 0 radical (unpaired) electrons. The van der Waals surface area contributed by atoms with Gasteiger partial charge >= 0.3 is 0 Å². The van der Waals surface area contributed by atoms with Crippen molar-refractivity contribution in [2.45, 2.75) is 5.16 Å². The number of aromatic nitrogens is 2. The van der Waals surface area contributed by atoms with E-state index < -0.39 is 0 Å². The van der Waals surface area contributed by atoms with Gasteiger partial charge in [-0.3, -0.25) is 14.2 Å². The zero-order chi connectivity index (χ0) is 21.2. The predicted octanol–water partition coefficient (Wildman–Crippen LogP) is 4.68. The zero-order valence-electron chi connectivity index (χ0n) is 16.4. The molecule has 3 heterocycles. The monoisotopic (exact) mass is 446 g/mol. The van der Waals surface area contributed by atoms with E-state index in [1.807, 2.05) is 76.8 Å². The van der Waals surface area contributed by atoms with Gasteiger partial charge in [-0.15, -0.1) is 11.3 Å². The normalized spacial score (nSPS) is 13.0. The Morgan fingerprint density at radius 3 is 2.68 bits per heavy atom. The molecule has 0 aliphatic carbocycles. The van der Waals surface area contributed by atoms with Gasteiger partial charge in [0.15, 0.2) is 5.16 Å². The number of nitrogens with zero attached hydrogens (tertiary/aromatic N) is 3. The van der Waals surface area contributed by atoms with Crippen LogP contribution in [0.1, 0.15) is 0 Å². The first-order chi connectivity index (χ1) is 15.2. The number of nitrogens with one attached hydrogen (secondary N) is 1. The second-order valence-corrected chi connectivity index (χ2v) is 8.82. The summed E-state index contributed by atoms with van der Waals surface area (Å²) in [7, 11) is 0. The topological polar surface area (TPSA) is 67.2 Å². The Hall–Kier alpha value is -3.36. The molecule has 6 nitrogen and oxygen atoms in total. The van der Waals surface area contributed by atoms with Crippen molar-refractivity contribution in [3.63, 3.8) is 0 Å². The quantitative estimate of drug-likeness (QED) is 0.452. The summed E-state index contributed by atoms with van der Waals surface area (Å²) in [6, 6.07) is 21.3. The van der Waals surface area contributed by atoms with Crippen molar-refractivity contribution in [3.8, 4) is 16.3 Å². The van der Waals surface area contributed by atoms with Crippen LogP contribution in [0.15, 0.2) is 83.5 Å². The van der Waals surface area contributed by atoms with Crippen molar-refractivity contribution in [2.24, 2.45) is 0 Å². The third-order valence-electron chi connectivity index (χ3n) is 4.88. The van der Waals surface area contributed by atoms with E-state index in [9.17, 15) is 9.59 Å². The third kappa shape index (κ3) is 3.99. The summed E-state index contributed by atoms with van der Waals surface area (Å²) >= 11 is 3.00. The van der Waals surface area contributed by atoms with Crippen molar-refractivity contribution >= 4 is 46.3 Å². The number of amides is 2. The zero-order valence-corrected chi connectivity index (χ0v) is 18.0. The lowest BCUT2D eigenvalue weighted by Crippen LogP contribution is -2.43. The van der Waals surface area contributed by atoms with Crippen LogP contribution in [0.2, 0.25) is 0 Å². The lowest BCUT2D eigenvalue weighted by Gasteiger charge is -2.29. The van der Waals surface area contributed by atoms with E-state index in [2.05, 4.69) is 5.32 Å². The summed E-state index contributed by atoms with van der Waals surface area (Å²) in [4.78, 5) is 32.5. The molecule has 0 fully saturated rings. The summed E-state index contributed by atoms with van der Waals surface area (Å²) in [6.07, 6.45) is 2.00. The maximum Gasteiger partial charge on any atom is 0.244 e. The van der Waals surface area contributed by atoms with Gasteiger partial charge in [0.05, 0.1) is 27.7 Å². The van der Waals surface area contributed by atoms with Crippen LogP contribution >= 0.6 is 23.1 Å². The summed E-state index contributed by atoms with van der Waals surface area (Å²) in [5.41, 5.74) is 3.23. The lowest BCUT2D eigenvalue weighted by molar-refractivity contribution is -0.120. The molecule has 5 rings (SSSR count). The summed E-state index contributed by atoms with van der Waals surface area (Å²) < 4.78 is 2.00. The van der Waals surface area contributed by atoms with Crippen molar-refractivity contribution < 1.29 is 9.59 Å². The fourth-order valence-electron chi connectivity index (χ4n) is 3.44. The molecule has 154 valence electrons. The van der Waals surface area contributed by atoms with E-state index in [1.54, 1.807) is 17.4 Å². The molecule has 8 heteroatoms. The SMILES string of the molecule is O=C1CN(C(=O)CSc2nc(-c3cccs3)cn2-c2ccccc2)c2ccccc2N1. The van der Waals surface area contributed by atoms with E-state index in [4.69, 9.17) is 4.98 Å². The van der Waals surface area contributed by atoms with Crippen LogP contribution in [-0.2, 0) is 9.59 Å². The van der Waals surface area contributed by atoms with Crippen LogP contribution in [0.25, 0.3) is 16.3 Å². The molecule has 2 amide bonds. The number of carbonyl (C=O) groups excluding carboxylic acids is 2. The first-order valence-corrected chi connectivity index (χ1v) is 11.6. The second-order valence-electron chi connectivity index (χ2n) is 6.93. The first-order valence-electron chi connectivity index (χ1n) is 9.70. The largest absolute Gasteiger partial charge is 0.323 e. The Kier molecular flexibility index (Phi) is 5.31. The number of imidazole rings is 1. The highest BCUT2D eigenvalue weighted by molar-refractivity contribution is 7.99. The van der Waals surface area contributed by atoms with E-state index in [-0.39, 0.29) is 24.1 Å². The summed E-state index contributed by atoms with van der Waals surface area (Å²) in [5.74, 6) is -0.148. The fourth-order valence-corrected chi connectivity index (χ4v) is 4.99. The minimum absolute atomic E-state index is 0.0178. The van der Waals surface area contributed by atoms with E-state index in [0.29, 0.717) is 5.69 Å². The fraction of sp³-hybridized carbons (Fsp3) is 0.0870. The average molecular weight is 447 g/mol. The van der Waals surface area contributed by atoms with Crippen LogP contribution in [-0.4, -0.2) is 33.7 Å². The number of carbonyl (C=O) groups is 2. The van der Waals surface area contributed by atoms with Gasteiger partial charge in [-0.25, -0.2) is 4.98 Å². The van der Waals surface area contributed by atoms with Gasteiger partial charge in [0.2, 0.25) is 11.8 Å². The van der Waals surface area contributed by atoms with Gasteiger partial charge in [-0.05, 0) is 35.7 Å². The standard InChI is InChI=1S/C23H18N4O2S2/c28-21-14-27(19-10-5-4-9-17(19)24-21)22(29)15-31-23-25-18(20-11-6-12-30-20)13-26(23)16-7-2-1-3-8-16/h1-13H,14-15H2,(H,24,28). The molecule has 0 spiro atoms. The molecule has 0 unspecified atom stereocenters. The number of hydrogen-bond donors (Lipinski definition) is 1. The van der Waals surface area contributed by atoms with Gasteiger partial charge in [-0.1, -0.05) is 48.2 Å². The van der Waals surface area contributed by atoms with Crippen molar-refractivity contribution in [2.75, 3.05) is 22.5 Å². The Morgan fingerprint density at radius 2 is 1.87 bits per heavy atom. The molecule has 0 bridgehead atoms. The van der Waals surface area contributed by atoms with Crippen LogP contribution in [0.5, 0.6) is 0 Å². The Balaban J connectivity index is 1.41. The molecule has 1 N–H and O–H groups in total. The molecule has 0 saturated carbocycles. The van der Waals surface area contributed by atoms with Crippen molar-refractivity contribution in [1.82, 2.24) is 9.55 Å². The lowest BCUT2D eigenvalue weighted by atomic mass is 10.2. The van der Waals surface area contributed by atoms with Crippen LogP contribution in [0, 0.1) is 0 Å². The van der Waals surface area contributed by atoms with Crippen LogP contribution in [0.4, 0.5) is 11.4 Å². The van der Waals surface area contributed by atoms with Crippen molar-refractivity contribution in [1.29, 1.82) is 0 Å². The molecule has 0 atom stereocenters. The summed E-state index contributed by atoms with van der Waals surface area (Å²) in [6.45, 7) is 0.0178. The van der Waals surface area contributed by atoms with Gasteiger partial charge < -0.3 is 10.2 Å². The highest BCUT2D eigenvalue weighted by Crippen LogP contribution is 2.32. The second kappa shape index (κ2) is 8.41. The molecule has 1 aliphatic heterocycles. The number of benzene rings is 2. The van der Waals surface area contributed by atoms with Gasteiger partial charge in [0.25, 0.3) is 0 Å². The highest BCUT2D eigenvalue weighted by Gasteiger charge is 2.27. The maximum absolute atomic E-state index is 13.1. The van der Waals surface area contributed by atoms with E-state index in [0.717, 1.165) is 27.1 Å². The Morgan fingerprint density at radius 1 is 1.06 bits per heavy atom. The Bertz CT molecular complexity index is 1240. The van der Waals surface area contributed by atoms with Gasteiger partial charge in [0.1, 0.15) is 6.54 Å². The van der Waals surface area contributed by atoms with Gasteiger partial charge in [-0.2, -0.15) is 0 Å². The molecule has 2 aromatic heterocycles. The number of para-hydroxylation sites is 3. The molecular weight excluding hydrogens is 428 g/mol. The molecule has 0 saturated heterocycles. The van der Waals surface area contributed by atoms with Crippen molar-refractivity contribution in [3.05, 3.63) is 78.3 Å². The molecule has 1 aliphatic rings. The van der Waals surface area contributed by atoms with E-state index >= 15 is 0 Å². The number of thioether (sulfide) groups is 1. The molecule has 2 aromatic carbocycles. The van der Waals surface area contributed by atoms with Crippen LogP contribution in [0.3, 0.4) is 0 Å².